The lowest BCUT2D eigenvalue weighted by Gasteiger charge is -2.31. The van der Waals surface area contributed by atoms with Crippen molar-refractivity contribution in [3.8, 4) is 5.75 Å². The maximum Gasteiger partial charge on any atom is 0.320 e. The van der Waals surface area contributed by atoms with Gasteiger partial charge in [0.05, 0.1) is 7.11 Å². The topological polar surface area (TPSA) is 49.8 Å². The molecular weight excluding hydrogens is 322 g/mol. The Kier molecular flexibility index (Phi) is 5.05. The van der Waals surface area contributed by atoms with Crippen LogP contribution in [-0.2, 0) is 4.79 Å². The molecule has 1 aromatic carbocycles. The summed E-state index contributed by atoms with van der Waals surface area (Å²) in [6.45, 7) is 2.91. The van der Waals surface area contributed by atoms with Gasteiger partial charge in [0.25, 0.3) is 0 Å². The van der Waals surface area contributed by atoms with E-state index in [0.717, 1.165) is 41.6 Å². The largest absolute Gasteiger partial charge is 0.496 e. The number of carboxylic acid groups (broad SMARTS) is 1. The van der Waals surface area contributed by atoms with Gasteiger partial charge in [-0.1, -0.05) is 22.9 Å². The molecule has 0 bridgehead atoms. The summed E-state index contributed by atoms with van der Waals surface area (Å²) in [6, 6.07) is 5.58. The summed E-state index contributed by atoms with van der Waals surface area (Å²) in [4.78, 5) is 13.5. The van der Waals surface area contributed by atoms with Gasteiger partial charge in [0.2, 0.25) is 0 Å². The standard InChI is InChI=1S/C15H20BrNO3/c1-3-12(17-8-4-5-13(17)15(18)19)11-9-10(16)6-7-14(11)20-2/h6-7,9,12-13H,3-5,8H2,1-2H3,(H,18,19). The summed E-state index contributed by atoms with van der Waals surface area (Å²) >= 11 is 3.49. The first kappa shape index (κ1) is 15.3. The van der Waals surface area contributed by atoms with Crippen LogP contribution in [0.1, 0.15) is 37.8 Å². The fourth-order valence-corrected chi connectivity index (χ4v) is 3.40. The monoisotopic (exact) mass is 341 g/mol. The Hall–Kier alpha value is -1.07. The molecule has 1 heterocycles. The van der Waals surface area contributed by atoms with Crippen LogP contribution in [0.2, 0.25) is 0 Å². The molecule has 4 nitrogen and oxygen atoms in total. The van der Waals surface area contributed by atoms with Gasteiger partial charge in [-0.3, -0.25) is 9.69 Å². The van der Waals surface area contributed by atoms with Crippen molar-refractivity contribution in [3.05, 3.63) is 28.2 Å². The van der Waals surface area contributed by atoms with Gasteiger partial charge in [-0.05, 0) is 44.0 Å². The predicted octanol–water partition coefficient (Wildman–Crippen LogP) is 3.46. The van der Waals surface area contributed by atoms with Gasteiger partial charge in [0, 0.05) is 16.1 Å². The molecule has 0 amide bonds. The molecule has 0 aromatic heterocycles. The van der Waals surface area contributed by atoms with Crippen molar-refractivity contribution in [2.75, 3.05) is 13.7 Å². The van der Waals surface area contributed by atoms with Crippen LogP contribution in [-0.4, -0.2) is 35.7 Å². The summed E-state index contributed by atoms with van der Waals surface area (Å²) in [7, 11) is 1.65. The van der Waals surface area contributed by atoms with E-state index in [9.17, 15) is 9.90 Å². The molecule has 1 N–H and O–H groups in total. The quantitative estimate of drug-likeness (QED) is 0.890. The average Bonchev–Trinajstić information content (AvgIpc) is 2.89. The van der Waals surface area contributed by atoms with Crippen molar-refractivity contribution in [2.24, 2.45) is 0 Å². The van der Waals surface area contributed by atoms with E-state index < -0.39 is 5.97 Å². The summed E-state index contributed by atoms with van der Waals surface area (Å²) in [5, 5.41) is 9.37. The van der Waals surface area contributed by atoms with E-state index in [1.54, 1.807) is 7.11 Å². The van der Waals surface area contributed by atoms with E-state index >= 15 is 0 Å². The van der Waals surface area contributed by atoms with Gasteiger partial charge < -0.3 is 9.84 Å². The van der Waals surface area contributed by atoms with Crippen molar-refractivity contribution in [1.82, 2.24) is 4.90 Å². The Morgan fingerprint density at radius 1 is 1.60 bits per heavy atom. The SMILES string of the molecule is CCC(c1cc(Br)ccc1OC)N1CCCC1C(=O)O. The van der Waals surface area contributed by atoms with Crippen molar-refractivity contribution >= 4 is 21.9 Å². The van der Waals surface area contributed by atoms with E-state index in [0.29, 0.717) is 0 Å². The lowest BCUT2D eigenvalue weighted by atomic mass is 10.0. The molecule has 2 atom stereocenters. The molecule has 0 spiro atoms. The molecule has 110 valence electrons. The lowest BCUT2D eigenvalue weighted by molar-refractivity contribution is -0.143. The van der Waals surface area contributed by atoms with Crippen molar-refractivity contribution in [2.45, 2.75) is 38.3 Å². The number of nitrogens with zero attached hydrogens (tertiary/aromatic N) is 1. The van der Waals surface area contributed by atoms with Crippen molar-refractivity contribution in [1.29, 1.82) is 0 Å². The van der Waals surface area contributed by atoms with Crippen molar-refractivity contribution < 1.29 is 14.6 Å². The van der Waals surface area contributed by atoms with Crippen LogP contribution in [0, 0.1) is 0 Å². The zero-order valence-electron chi connectivity index (χ0n) is 11.8. The van der Waals surface area contributed by atoms with Crippen molar-refractivity contribution in [3.63, 3.8) is 0 Å². The molecule has 1 aromatic rings. The number of hydrogen-bond donors (Lipinski definition) is 1. The number of hydrogen-bond acceptors (Lipinski definition) is 3. The Morgan fingerprint density at radius 2 is 2.35 bits per heavy atom. The number of aliphatic carboxylic acids is 1. The predicted molar refractivity (Wildman–Crippen MR) is 81.1 cm³/mol. The summed E-state index contributed by atoms with van der Waals surface area (Å²) in [6.07, 6.45) is 2.52. The van der Waals surface area contributed by atoms with E-state index in [2.05, 4.69) is 27.8 Å². The molecule has 5 heteroatoms. The Bertz CT molecular complexity index is 492. The van der Waals surface area contributed by atoms with Crippen LogP contribution in [0.25, 0.3) is 0 Å². The molecule has 20 heavy (non-hydrogen) atoms. The third kappa shape index (κ3) is 2.99. The third-order valence-corrected chi connectivity index (χ3v) is 4.41. The number of benzene rings is 1. The van der Waals surface area contributed by atoms with Gasteiger partial charge in [0.1, 0.15) is 11.8 Å². The fourth-order valence-electron chi connectivity index (χ4n) is 3.03. The highest BCUT2D eigenvalue weighted by Crippen LogP contribution is 2.37. The first-order valence-corrected chi connectivity index (χ1v) is 7.69. The molecule has 1 saturated heterocycles. The highest BCUT2D eigenvalue weighted by Gasteiger charge is 2.36. The second kappa shape index (κ2) is 6.59. The second-order valence-corrected chi connectivity index (χ2v) is 5.96. The smallest absolute Gasteiger partial charge is 0.320 e. The number of likely N-dealkylation sites (tertiary alicyclic amines) is 1. The van der Waals surface area contributed by atoms with Gasteiger partial charge in [-0.15, -0.1) is 0 Å². The highest BCUT2D eigenvalue weighted by atomic mass is 79.9. The molecule has 0 radical (unpaired) electrons. The Morgan fingerprint density at radius 3 is 2.95 bits per heavy atom. The van der Waals surface area contributed by atoms with E-state index in [1.165, 1.54) is 0 Å². The molecule has 1 aliphatic heterocycles. The molecule has 1 aliphatic rings. The van der Waals surface area contributed by atoms with Crippen LogP contribution < -0.4 is 4.74 Å². The summed E-state index contributed by atoms with van der Waals surface area (Å²) < 4.78 is 6.43. The van der Waals surface area contributed by atoms with E-state index in [4.69, 9.17) is 4.74 Å². The first-order valence-electron chi connectivity index (χ1n) is 6.90. The van der Waals surface area contributed by atoms with E-state index in [-0.39, 0.29) is 12.1 Å². The maximum absolute atomic E-state index is 11.4. The molecule has 2 rings (SSSR count). The number of halogens is 1. The Balaban J connectivity index is 2.37. The number of ether oxygens (including phenoxy) is 1. The zero-order chi connectivity index (χ0) is 14.7. The minimum absolute atomic E-state index is 0.0750. The maximum atomic E-state index is 11.4. The van der Waals surface area contributed by atoms with Gasteiger partial charge in [-0.2, -0.15) is 0 Å². The summed E-state index contributed by atoms with van der Waals surface area (Å²) in [5.74, 6) is 0.0889. The molecule has 0 saturated carbocycles. The minimum atomic E-state index is -0.727. The zero-order valence-corrected chi connectivity index (χ0v) is 13.4. The number of rotatable bonds is 5. The highest BCUT2D eigenvalue weighted by molar-refractivity contribution is 9.10. The van der Waals surface area contributed by atoms with Gasteiger partial charge in [-0.25, -0.2) is 0 Å². The second-order valence-electron chi connectivity index (χ2n) is 5.04. The lowest BCUT2D eigenvalue weighted by Crippen LogP contribution is -2.38. The minimum Gasteiger partial charge on any atom is -0.496 e. The average molecular weight is 342 g/mol. The van der Waals surface area contributed by atoms with Crippen LogP contribution in [0.3, 0.4) is 0 Å². The van der Waals surface area contributed by atoms with Gasteiger partial charge in [0.15, 0.2) is 0 Å². The molecule has 1 fully saturated rings. The molecular formula is C15H20BrNO3. The molecule has 2 unspecified atom stereocenters. The normalized spacial score (nSPS) is 20.9. The Labute approximate surface area is 127 Å². The summed E-state index contributed by atoms with van der Waals surface area (Å²) in [5.41, 5.74) is 1.05. The van der Waals surface area contributed by atoms with Crippen LogP contribution in [0.4, 0.5) is 0 Å². The first-order chi connectivity index (χ1) is 9.58. The van der Waals surface area contributed by atoms with Crippen LogP contribution in [0.15, 0.2) is 22.7 Å². The molecule has 0 aliphatic carbocycles. The fraction of sp³-hybridized carbons (Fsp3) is 0.533. The van der Waals surface area contributed by atoms with E-state index in [1.807, 2.05) is 18.2 Å². The van der Waals surface area contributed by atoms with Crippen LogP contribution in [0.5, 0.6) is 5.75 Å². The number of methoxy groups -OCH3 is 1. The number of carboxylic acids is 1. The van der Waals surface area contributed by atoms with Crippen LogP contribution >= 0.6 is 15.9 Å². The number of carbonyl (C=O) groups is 1. The third-order valence-electron chi connectivity index (χ3n) is 3.92. The van der Waals surface area contributed by atoms with Gasteiger partial charge >= 0.3 is 5.97 Å².